The monoisotopic (exact) mass is 349 g/mol. The van der Waals surface area contributed by atoms with Gasteiger partial charge < -0.3 is 9.84 Å². The molecule has 1 aromatic carbocycles. The van der Waals surface area contributed by atoms with E-state index in [9.17, 15) is 18.0 Å². The Bertz CT molecular complexity index is 700. The average molecular weight is 350 g/mol. The molecule has 0 aliphatic rings. The highest BCUT2D eigenvalue weighted by Crippen LogP contribution is 2.38. The molecule has 0 amide bonds. The Morgan fingerprint density at radius 2 is 2.05 bits per heavy atom. The number of hydrogen-bond acceptors (Lipinski definition) is 3. The zero-order chi connectivity index (χ0) is 15.1. The largest absolute Gasteiger partial charge is 0.497 e. The van der Waals surface area contributed by atoms with E-state index in [4.69, 9.17) is 9.84 Å². The zero-order valence-electron chi connectivity index (χ0n) is 9.95. The van der Waals surface area contributed by atoms with E-state index in [1.807, 2.05) is 0 Å². The van der Waals surface area contributed by atoms with Crippen LogP contribution in [-0.4, -0.2) is 23.2 Å². The number of nitrogens with zero attached hydrogens (tertiary/aromatic N) is 1. The number of alkyl halides is 3. The summed E-state index contributed by atoms with van der Waals surface area (Å²) in [5.41, 5.74) is -2.36. The lowest BCUT2D eigenvalue weighted by Crippen LogP contribution is -2.16. The van der Waals surface area contributed by atoms with Crippen LogP contribution in [0.2, 0.25) is 0 Å². The summed E-state index contributed by atoms with van der Waals surface area (Å²) in [5.74, 6) is -1.37. The number of ether oxygens (including phenoxy) is 1. The summed E-state index contributed by atoms with van der Waals surface area (Å²) in [6.45, 7) is 0. The number of fused-ring (bicyclic) bond motifs is 1. The molecular formula is C12H7BrF3NO3. The summed E-state index contributed by atoms with van der Waals surface area (Å²) in [6.07, 6.45) is -4.87. The van der Waals surface area contributed by atoms with Crippen molar-refractivity contribution >= 4 is 32.8 Å². The van der Waals surface area contributed by atoms with Gasteiger partial charge in [0.05, 0.1) is 12.6 Å². The van der Waals surface area contributed by atoms with Crippen molar-refractivity contribution in [3.63, 3.8) is 0 Å². The van der Waals surface area contributed by atoms with Gasteiger partial charge in [-0.3, -0.25) is 0 Å². The van der Waals surface area contributed by atoms with E-state index < -0.39 is 23.4 Å². The minimum atomic E-state index is -4.87. The van der Waals surface area contributed by atoms with E-state index >= 15 is 0 Å². The van der Waals surface area contributed by atoms with E-state index in [1.54, 1.807) is 0 Å². The highest BCUT2D eigenvalue weighted by Gasteiger charge is 2.39. The highest BCUT2D eigenvalue weighted by molar-refractivity contribution is 9.10. The Labute approximate surface area is 119 Å². The first kappa shape index (κ1) is 14.6. The minimum Gasteiger partial charge on any atom is -0.497 e. The summed E-state index contributed by atoms with van der Waals surface area (Å²) in [6, 6.07) is 4.26. The summed E-state index contributed by atoms with van der Waals surface area (Å²) < 4.78 is 43.5. The predicted octanol–water partition coefficient (Wildman–Crippen LogP) is 3.72. The molecule has 106 valence electrons. The van der Waals surface area contributed by atoms with E-state index in [0.29, 0.717) is 5.75 Å². The number of carboxylic acids is 1. The van der Waals surface area contributed by atoms with Crippen molar-refractivity contribution in [2.75, 3.05) is 7.11 Å². The van der Waals surface area contributed by atoms with Crippen molar-refractivity contribution in [1.82, 2.24) is 4.98 Å². The molecule has 0 fully saturated rings. The molecule has 20 heavy (non-hydrogen) atoms. The van der Waals surface area contributed by atoms with Crippen molar-refractivity contribution < 1.29 is 27.8 Å². The van der Waals surface area contributed by atoms with Crippen LogP contribution in [0.15, 0.2) is 22.7 Å². The van der Waals surface area contributed by atoms with Gasteiger partial charge in [0.2, 0.25) is 0 Å². The molecule has 1 N–H and O–H groups in total. The third kappa shape index (κ3) is 2.43. The first-order valence-electron chi connectivity index (χ1n) is 5.23. The molecule has 1 heterocycles. The maximum atomic E-state index is 12.9. The van der Waals surface area contributed by atoms with Crippen molar-refractivity contribution in [2.24, 2.45) is 0 Å². The van der Waals surface area contributed by atoms with Crippen LogP contribution in [0.5, 0.6) is 5.75 Å². The second-order valence-corrected chi connectivity index (χ2v) is 4.63. The maximum absolute atomic E-state index is 12.9. The minimum absolute atomic E-state index is 0.00597. The van der Waals surface area contributed by atoms with Gasteiger partial charge >= 0.3 is 12.1 Å². The molecule has 8 heteroatoms. The van der Waals surface area contributed by atoms with Gasteiger partial charge in [-0.05, 0) is 28.1 Å². The van der Waals surface area contributed by atoms with E-state index in [-0.39, 0.29) is 15.4 Å². The molecule has 0 bridgehead atoms. The van der Waals surface area contributed by atoms with Gasteiger partial charge in [-0.25, -0.2) is 9.78 Å². The van der Waals surface area contributed by atoms with Gasteiger partial charge in [-0.2, -0.15) is 13.2 Å². The number of benzene rings is 1. The number of rotatable bonds is 2. The Balaban J connectivity index is 2.89. The second kappa shape index (κ2) is 4.93. The SMILES string of the molecule is COc1ccc2c(Br)c(C(=O)O)c(C(F)(F)F)nc2c1. The zero-order valence-corrected chi connectivity index (χ0v) is 11.5. The molecular weight excluding hydrogens is 343 g/mol. The predicted molar refractivity (Wildman–Crippen MR) is 68.0 cm³/mol. The fourth-order valence-electron chi connectivity index (χ4n) is 1.73. The van der Waals surface area contributed by atoms with Crippen LogP contribution in [0.1, 0.15) is 16.1 Å². The van der Waals surface area contributed by atoms with Gasteiger partial charge in [0, 0.05) is 15.9 Å². The van der Waals surface area contributed by atoms with Crippen molar-refractivity contribution in [3.05, 3.63) is 33.9 Å². The third-order valence-electron chi connectivity index (χ3n) is 2.61. The third-order valence-corrected chi connectivity index (χ3v) is 3.44. The van der Waals surface area contributed by atoms with Crippen LogP contribution in [0.25, 0.3) is 10.9 Å². The average Bonchev–Trinajstić information content (AvgIpc) is 2.36. The number of aromatic carboxylic acids is 1. The molecule has 0 atom stereocenters. The Morgan fingerprint density at radius 3 is 2.55 bits per heavy atom. The lowest BCUT2D eigenvalue weighted by molar-refractivity contribution is -0.141. The van der Waals surface area contributed by atoms with Gasteiger partial charge in [0.1, 0.15) is 11.3 Å². The topological polar surface area (TPSA) is 59.4 Å². The molecule has 0 aliphatic carbocycles. The number of methoxy groups -OCH3 is 1. The van der Waals surface area contributed by atoms with Crippen molar-refractivity contribution in [1.29, 1.82) is 0 Å². The lowest BCUT2D eigenvalue weighted by Gasteiger charge is -2.13. The normalized spacial score (nSPS) is 11.7. The summed E-state index contributed by atoms with van der Waals surface area (Å²) in [5, 5.41) is 9.24. The fourth-order valence-corrected chi connectivity index (χ4v) is 2.42. The Kier molecular flexibility index (Phi) is 3.59. The van der Waals surface area contributed by atoms with Crippen LogP contribution in [0.4, 0.5) is 13.2 Å². The summed E-state index contributed by atoms with van der Waals surface area (Å²) in [4.78, 5) is 14.5. The van der Waals surface area contributed by atoms with Crippen LogP contribution in [0, 0.1) is 0 Å². The highest BCUT2D eigenvalue weighted by atomic mass is 79.9. The van der Waals surface area contributed by atoms with Crippen LogP contribution >= 0.6 is 15.9 Å². The number of hydrogen-bond donors (Lipinski definition) is 1. The molecule has 0 unspecified atom stereocenters. The Hall–Kier alpha value is -1.83. The number of carbonyl (C=O) groups is 1. The standard InChI is InChI=1S/C12H7BrF3NO3/c1-20-5-2-3-6-7(4-5)17-10(12(14,15)16)8(9(6)13)11(18)19/h2-4H,1H3,(H,18,19). The first-order chi connectivity index (χ1) is 9.25. The molecule has 2 rings (SSSR count). The second-order valence-electron chi connectivity index (χ2n) is 3.84. The maximum Gasteiger partial charge on any atom is 0.434 e. The molecule has 1 aromatic heterocycles. The van der Waals surface area contributed by atoms with Crippen LogP contribution < -0.4 is 4.74 Å². The van der Waals surface area contributed by atoms with Crippen molar-refractivity contribution in [2.45, 2.75) is 6.18 Å². The van der Waals surface area contributed by atoms with Gasteiger partial charge in [0.15, 0.2) is 5.69 Å². The molecule has 0 spiro atoms. The van der Waals surface area contributed by atoms with E-state index in [2.05, 4.69) is 20.9 Å². The number of aromatic nitrogens is 1. The van der Waals surface area contributed by atoms with Crippen molar-refractivity contribution in [3.8, 4) is 5.75 Å². The molecule has 4 nitrogen and oxygen atoms in total. The van der Waals surface area contributed by atoms with Crippen LogP contribution in [0.3, 0.4) is 0 Å². The molecule has 0 radical (unpaired) electrons. The molecule has 2 aromatic rings. The molecule has 0 aliphatic heterocycles. The number of pyridine rings is 1. The quantitative estimate of drug-likeness (QED) is 0.897. The smallest absolute Gasteiger partial charge is 0.434 e. The molecule has 0 saturated heterocycles. The summed E-state index contributed by atoms with van der Waals surface area (Å²) >= 11 is 2.91. The number of carboxylic acid groups (broad SMARTS) is 1. The molecule has 0 saturated carbocycles. The van der Waals surface area contributed by atoms with E-state index in [1.165, 1.54) is 25.3 Å². The summed E-state index contributed by atoms with van der Waals surface area (Å²) in [7, 11) is 1.37. The fraction of sp³-hybridized carbons (Fsp3) is 0.167. The van der Waals surface area contributed by atoms with Crippen LogP contribution in [-0.2, 0) is 6.18 Å². The van der Waals surface area contributed by atoms with Gasteiger partial charge in [-0.1, -0.05) is 0 Å². The van der Waals surface area contributed by atoms with Gasteiger partial charge in [-0.15, -0.1) is 0 Å². The Morgan fingerprint density at radius 1 is 1.40 bits per heavy atom. The number of halogens is 4. The first-order valence-corrected chi connectivity index (χ1v) is 6.02. The van der Waals surface area contributed by atoms with E-state index in [0.717, 1.165) is 0 Å². The van der Waals surface area contributed by atoms with Gasteiger partial charge in [0.25, 0.3) is 0 Å². The lowest BCUT2D eigenvalue weighted by atomic mass is 10.1.